The lowest BCUT2D eigenvalue weighted by atomic mass is 9.49. The first kappa shape index (κ1) is 19.8. The number of aromatic nitrogens is 2. The molecule has 160 valence electrons. The zero-order valence-electron chi connectivity index (χ0n) is 18.7. The van der Waals surface area contributed by atoms with E-state index in [1.54, 1.807) is 0 Å². The molecule has 1 aromatic rings. The van der Waals surface area contributed by atoms with Crippen LogP contribution in [0.3, 0.4) is 0 Å². The molecule has 3 heteroatoms. The highest BCUT2D eigenvalue weighted by atomic mass is 16.3. The van der Waals surface area contributed by atoms with Crippen molar-refractivity contribution in [1.29, 1.82) is 0 Å². The molecule has 4 aliphatic rings. The Labute approximate surface area is 177 Å². The highest BCUT2D eigenvalue weighted by Gasteiger charge is 2.57. The Hall–Kier alpha value is -1.09. The number of fused-ring (bicyclic) bond motifs is 5. The Morgan fingerprint density at radius 3 is 2.66 bits per heavy atom. The van der Waals surface area contributed by atoms with Crippen molar-refractivity contribution in [3.05, 3.63) is 30.1 Å². The van der Waals surface area contributed by atoms with Crippen molar-refractivity contribution in [3.8, 4) is 0 Å². The SMILES string of the molecule is C=C(Cn1nccc1C)[C@H]1CC[C@H]2[C@@H]3CC[C@H]4C[C@](C)(O)CC[C@@H]4[C@H]3CC[C@]12C. The molecule has 5 rings (SSSR count). The van der Waals surface area contributed by atoms with E-state index in [0.717, 1.165) is 49.0 Å². The number of allylic oxidation sites excluding steroid dienone is 1. The second-order valence-electron chi connectivity index (χ2n) is 11.6. The van der Waals surface area contributed by atoms with Gasteiger partial charge in [0.15, 0.2) is 0 Å². The first-order valence-electron chi connectivity index (χ1n) is 12.2. The molecular weight excluding hydrogens is 356 g/mol. The third-order valence-electron chi connectivity index (χ3n) is 10.0. The standard InChI is InChI=1S/C26H40N2O/c1-17(16-28-18(2)11-14-27-28)23-7-8-24-22-6-5-19-15-25(3,29)12-9-20(19)21(22)10-13-26(23,24)4/h11,14,19-24,29H,1,5-10,12-13,15-16H2,2-4H3/t19-,20-,21+,22+,23+,24-,25+,26+/m0/s1. The first-order chi connectivity index (χ1) is 13.8. The fourth-order valence-electron chi connectivity index (χ4n) is 8.62. The molecule has 29 heavy (non-hydrogen) atoms. The monoisotopic (exact) mass is 396 g/mol. The molecule has 0 unspecified atom stereocenters. The summed E-state index contributed by atoms with van der Waals surface area (Å²) in [5.41, 5.74) is 2.67. The molecule has 0 bridgehead atoms. The molecule has 0 saturated heterocycles. The van der Waals surface area contributed by atoms with Crippen molar-refractivity contribution >= 4 is 0 Å². The summed E-state index contributed by atoms with van der Waals surface area (Å²) in [6.07, 6.45) is 13.5. The molecule has 4 fully saturated rings. The third kappa shape index (κ3) is 3.23. The van der Waals surface area contributed by atoms with Gasteiger partial charge < -0.3 is 5.11 Å². The Kier molecular flexibility index (Phi) is 4.77. The van der Waals surface area contributed by atoms with Crippen LogP contribution in [0.25, 0.3) is 0 Å². The number of hydrogen-bond donors (Lipinski definition) is 1. The van der Waals surface area contributed by atoms with E-state index in [0.29, 0.717) is 11.3 Å². The molecule has 1 heterocycles. The highest BCUT2D eigenvalue weighted by Crippen LogP contribution is 2.65. The van der Waals surface area contributed by atoms with Gasteiger partial charge in [-0.3, -0.25) is 4.68 Å². The lowest BCUT2D eigenvalue weighted by Gasteiger charge is -2.57. The van der Waals surface area contributed by atoms with Gasteiger partial charge in [-0.1, -0.05) is 19.1 Å². The first-order valence-corrected chi connectivity index (χ1v) is 12.2. The molecule has 3 nitrogen and oxygen atoms in total. The average molecular weight is 397 g/mol. The number of rotatable bonds is 3. The normalized spacial score (nSPS) is 46.6. The zero-order valence-corrected chi connectivity index (χ0v) is 18.7. The Morgan fingerprint density at radius 2 is 1.90 bits per heavy atom. The minimum Gasteiger partial charge on any atom is -0.390 e. The molecule has 0 amide bonds. The summed E-state index contributed by atoms with van der Waals surface area (Å²) in [5, 5.41) is 15.1. The van der Waals surface area contributed by atoms with Crippen LogP contribution < -0.4 is 0 Å². The summed E-state index contributed by atoms with van der Waals surface area (Å²) in [5.74, 6) is 5.03. The van der Waals surface area contributed by atoms with Gasteiger partial charge in [-0.2, -0.15) is 5.10 Å². The van der Waals surface area contributed by atoms with Gasteiger partial charge in [0.2, 0.25) is 0 Å². The Bertz CT molecular complexity index is 779. The van der Waals surface area contributed by atoms with Crippen LogP contribution in [0, 0.1) is 47.8 Å². The van der Waals surface area contributed by atoms with E-state index in [2.05, 4.69) is 43.2 Å². The van der Waals surface area contributed by atoms with E-state index in [1.807, 2.05) is 6.20 Å². The number of nitrogens with zero attached hydrogens (tertiary/aromatic N) is 2. The maximum Gasteiger partial charge on any atom is 0.0622 e. The van der Waals surface area contributed by atoms with Gasteiger partial charge in [0.25, 0.3) is 0 Å². The minimum atomic E-state index is -0.405. The minimum absolute atomic E-state index is 0.405. The fraction of sp³-hybridized carbons (Fsp3) is 0.808. The van der Waals surface area contributed by atoms with Crippen molar-refractivity contribution in [2.75, 3.05) is 0 Å². The summed E-state index contributed by atoms with van der Waals surface area (Å²) < 4.78 is 2.13. The fourth-order valence-corrected chi connectivity index (χ4v) is 8.62. The topological polar surface area (TPSA) is 38.0 Å². The highest BCUT2D eigenvalue weighted by molar-refractivity contribution is 5.16. The van der Waals surface area contributed by atoms with Gasteiger partial charge in [0.05, 0.1) is 12.1 Å². The van der Waals surface area contributed by atoms with Crippen LogP contribution in [0.1, 0.15) is 77.3 Å². The molecule has 0 aromatic carbocycles. The number of hydrogen-bond acceptors (Lipinski definition) is 2. The summed E-state index contributed by atoms with van der Waals surface area (Å²) >= 11 is 0. The van der Waals surface area contributed by atoms with Crippen molar-refractivity contribution in [1.82, 2.24) is 9.78 Å². The van der Waals surface area contributed by atoms with Gasteiger partial charge in [0, 0.05) is 11.9 Å². The van der Waals surface area contributed by atoms with Crippen LogP contribution >= 0.6 is 0 Å². The smallest absolute Gasteiger partial charge is 0.0622 e. The van der Waals surface area contributed by atoms with Gasteiger partial charge in [-0.15, -0.1) is 0 Å². The van der Waals surface area contributed by atoms with Crippen LogP contribution in [0.15, 0.2) is 24.4 Å². The van der Waals surface area contributed by atoms with Crippen molar-refractivity contribution < 1.29 is 5.11 Å². The largest absolute Gasteiger partial charge is 0.390 e. The maximum atomic E-state index is 10.6. The molecular formula is C26H40N2O. The van der Waals surface area contributed by atoms with E-state index in [9.17, 15) is 5.11 Å². The van der Waals surface area contributed by atoms with Crippen LogP contribution in [0.2, 0.25) is 0 Å². The second-order valence-corrected chi connectivity index (χ2v) is 11.6. The quantitative estimate of drug-likeness (QED) is 0.659. The molecule has 1 N–H and O–H groups in total. The zero-order chi connectivity index (χ0) is 20.4. The van der Waals surface area contributed by atoms with Gasteiger partial charge in [-0.25, -0.2) is 0 Å². The van der Waals surface area contributed by atoms with Gasteiger partial charge in [-0.05, 0) is 119 Å². The second kappa shape index (κ2) is 6.97. The summed E-state index contributed by atoms with van der Waals surface area (Å²) in [7, 11) is 0. The summed E-state index contributed by atoms with van der Waals surface area (Å²) in [6.45, 7) is 12.3. The lowest BCUT2D eigenvalue weighted by molar-refractivity contribution is -0.0979. The lowest BCUT2D eigenvalue weighted by Crippen LogP contribution is -2.50. The Balaban J connectivity index is 1.32. The molecule has 0 radical (unpaired) electrons. The van der Waals surface area contributed by atoms with E-state index in [1.165, 1.54) is 56.2 Å². The molecule has 0 aliphatic heterocycles. The molecule has 8 atom stereocenters. The third-order valence-corrected chi connectivity index (χ3v) is 10.0. The van der Waals surface area contributed by atoms with Gasteiger partial charge >= 0.3 is 0 Å². The predicted octanol–water partition coefficient (Wildman–Crippen LogP) is 5.77. The Morgan fingerprint density at radius 1 is 1.10 bits per heavy atom. The van der Waals surface area contributed by atoms with Crippen LogP contribution in [-0.2, 0) is 6.54 Å². The molecule has 0 spiro atoms. The summed E-state index contributed by atoms with van der Waals surface area (Å²) in [4.78, 5) is 0. The van der Waals surface area contributed by atoms with Crippen LogP contribution in [0.4, 0.5) is 0 Å². The van der Waals surface area contributed by atoms with E-state index < -0.39 is 5.60 Å². The van der Waals surface area contributed by atoms with E-state index in [4.69, 9.17) is 0 Å². The van der Waals surface area contributed by atoms with Crippen LogP contribution in [0.5, 0.6) is 0 Å². The summed E-state index contributed by atoms with van der Waals surface area (Å²) in [6, 6.07) is 2.09. The average Bonchev–Trinajstić information content (AvgIpc) is 3.23. The van der Waals surface area contributed by atoms with Crippen molar-refractivity contribution in [3.63, 3.8) is 0 Å². The number of aliphatic hydroxyl groups is 1. The van der Waals surface area contributed by atoms with Crippen molar-refractivity contribution in [2.45, 2.75) is 90.7 Å². The van der Waals surface area contributed by atoms with Crippen LogP contribution in [-0.4, -0.2) is 20.5 Å². The predicted molar refractivity (Wildman–Crippen MR) is 117 cm³/mol. The van der Waals surface area contributed by atoms with Gasteiger partial charge in [0.1, 0.15) is 0 Å². The molecule has 4 aliphatic carbocycles. The maximum absolute atomic E-state index is 10.6. The van der Waals surface area contributed by atoms with Crippen molar-refractivity contribution in [2.24, 2.45) is 40.9 Å². The van der Waals surface area contributed by atoms with E-state index in [-0.39, 0.29) is 0 Å². The molecule has 1 aromatic heterocycles. The van der Waals surface area contributed by atoms with E-state index >= 15 is 0 Å². The molecule has 4 saturated carbocycles. The number of aryl methyl sites for hydroxylation is 1.